The van der Waals surface area contributed by atoms with Crippen molar-refractivity contribution in [2.24, 2.45) is 17.3 Å². The number of carbonyl (C=O) groups excluding carboxylic acids is 1. The lowest BCUT2D eigenvalue weighted by atomic mass is 9.68. The van der Waals surface area contributed by atoms with Crippen LogP contribution in [0.5, 0.6) is 0 Å². The fourth-order valence-electron chi connectivity index (χ4n) is 2.77. The monoisotopic (exact) mass is 256 g/mol. The van der Waals surface area contributed by atoms with Crippen LogP contribution in [0.15, 0.2) is 0 Å². The Hall–Kier alpha value is -1.06. The van der Waals surface area contributed by atoms with Crippen LogP contribution in [0.2, 0.25) is 0 Å². The zero-order valence-corrected chi connectivity index (χ0v) is 11.7. The summed E-state index contributed by atoms with van der Waals surface area (Å²) >= 11 is 0. The van der Waals surface area contributed by atoms with Crippen molar-refractivity contribution in [2.45, 2.75) is 59.5 Å². The third kappa shape index (κ3) is 4.31. The highest BCUT2D eigenvalue weighted by molar-refractivity contribution is 5.90. The number of aliphatic carboxylic acids is 1. The Bertz CT molecular complexity index is 320. The van der Waals surface area contributed by atoms with Crippen molar-refractivity contribution in [3.05, 3.63) is 0 Å². The highest BCUT2D eigenvalue weighted by atomic mass is 16.5. The van der Waals surface area contributed by atoms with Gasteiger partial charge in [0.15, 0.2) is 0 Å². The molecule has 1 aliphatic rings. The molecule has 18 heavy (non-hydrogen) atoms. The number of carbonyl (C=O) groups is 2. The van der Waals surface area contributed by atoms with Crippen molar-refractivity contribution < 1.29 is 19.4 Å². The second kappa shape index (κ2) is 5.72. The van der Waals surface area contributed by atoms with Gasteiger partial charge in [0.05, 0.1) is 0 Å². The van der Waals surface area contributed by atoms with Crippen LogP contribution < -0.4 is 0 Å². The van der Waals surface area contributed by atoms with Crippen LogP contribution in [0.3, 0.4) is 0 Å². The lowest BCUT2D eigenvalue weighted by molar-refractivity contribution is -0.161. The van der Waals surface area contributed by atoms with Gasteiger partial charge < -0.3 is 9.84 Å². The van der Waals surface area contributed by atoms with Gasteiger partial charge in [0, 0.05) is 0 Å². The van der Waals surface area contributed by atoms with E-state index in [1.54, 1.807) is 0 Å². The van der Waals surface area contributed by atoms with E-state index in [1.165, 1.54) is 0 Å². The van der Waals surface area contributed by atoms with Gasteiger partial charge >= 0.3 is 11.9 Å². The number of ether oxygens (including phenoxy) is 1. The van der Waals surface area contributed by atoms with E-state index in [9.17, 15) is 9.59 Å². The molecular formula is C14H24O4. The van der Waals surface area contributed by atoms with Gasteiger partial charge in [-0.15, -0.1) is 0 Å². The molecule has 0 saturated heterocycles. The number of esters is 1. The highest BCUT2D eigenvalue weighted by Gasteiger charge is 2.38. The molecular weight excluding hydrogens is 232 g/mol. The minimum absolute atomic E-state index is 0.138. The molecule has 1 fully saturated rings. The maximum absolute atomic E-state index is 11.5. The normalized spacial score (nSPS) is 26.9. The number of hydrogen-bond donors (Lipinski definition) is 1. The quantitative estimate of drug-likeness (QED) is 0.620. The Kier molecular flexibility index (Phi) is 4.77. The molecule has 0 aromatic carbocycles. The van der Waals surface area contributed by atoms with E-state index in [1.807, 2.05) is 0 Å². The average molecular weight is 256 g/mol. The van der Waals surface area contributed by atoms with Gasteiger partial charge in [0.2, 0.25) is 0 Å². The summed E-state index contributed by atoms with van der Waals surface area (Å²) in [7, 11) is 0. The predicted octanol–water partition coefficient (Wildman–Crippen LogP) is 2.86. The Morgan fingerprint density at radius 2 is 2.00 bits per heavy atom. The number of carboxylic acids is 1. The van der Waals surface area contributed by atoms with E-state index in [4.69, 9.17) is 9.84 Å². The summed E-state index contributed by atoms with van der Waals surface area (Å²) in [5.41, 5.74) is 0.166. The van der Waals surface area contributed by atoms with Gasteiger partial charge in [-0.1, -0.05) is 27.7 Å². The minimum Gasteiger partial charge on any atom is -0.481 e. The Balaban J connectivity index is 2.67. The smallest absolute Gasteiger partial charge is 0.317 e. The van der Waals surface area contributed by atoms with Crippen molar-refractivity contribution >= 4 is 11.9 Å². The first-order valence-electron chi connectivity index (χ1n) is 6.62. The van der Waals surface area contributed by atoms with Gasteiger partial charge in [-0.25, -0.2) is 0 Å². The third-order valence-corrected chi connectivity index (χ3v) is 3.82. The molecule has 104 valence electrons. The number of rotatable bonds is 4. The molecule has 0 aromatic rings. The fourth-order valence-corrected chi connectivity index (χ4v) is 2.77. The summed E-state index contributed by atoms with van der Waals surface area (Å²) in [5, 5.41) is 8.59. The second-order valence-corrected chi connectivity index (χ2v) is 6.41. The molecule has 2 unspecified atom stereocenters. The molecule has 1 N–H and O–H groups in total. The van der Waals surface area contributed by atoms with E-state index >= 15 is 0 Å². The van der Waals surface area contributed by atoms with Crippen LogP contribution in [-0.4, -0.2) is 23.1 Å². The molecule has 0 bridgehead atoms. The third-order valence-electron chi connectivity index (χ3n) is 3.82. The second-order valence-electron chi connectivity index (χ2n) is 6.41. The molecule has 4 heteroatoms. The van der Waals surface area contributed by atoms with Crippen molar-refractivity contribution in [3.63, 3.8) is 0 Å². The standard InChI is InChI=1S/C14H24O4/c1-9(2)10-5-6-14(3,4)8-11(10)18-13(17)7-12(15)16/h9-11H,5-8H2,1-4H3,(H,15,16). The van der Waals surface area contributed by atoms with Gasteiger partial charge in [0.25, 0.3) is 0 Å². The van der Waals surface area contributed by atoms with Crippen LogP contribution in [0.4, 0.5) is 0 Å². The predicted molar refractivity (Wildman–Crippen MR) is 68.1 cm³/mol. The molecule has 0 heterocycles. The Morgan fingerprint density at radius 1 is 1.39 bits per heavy atom. The van der Waals surface area contributed by atoms with E-state index in [0.29, 0.717) is 11.8 Å². The lowest BCUT2D eigenvalue weighted by Gasteiger charge is -2.41. The van der Waals surface area contributed by atoms with Crippen LogP contribution in [0.1, 0.15) is 53.4 Å². The summed E-state index contributed by atoms with van der Waals surface area (Å²) in [4.78, 5) is 22.0. The summed E-state index contributed by atoms with van der Waals surface area (Å²) < 4.78 is 5.39. The summed E-state index contributed by atoms with van der Waals surface area (Å²) in [6.45, 7) is 8.59. The lowest BCUT2D eigenvalue weighted by Crippen LogP contribution is -2.39. The summed E-state index contributed by atoms with van der Waals surface area (Å²) in [6.07, 6.45) is 2.31. The molecule has 0 aromatic heterocycles. The van der Waals surface area contributed by atoms with Crippen LogP contribution in [-0.2, 0) is 14.3 Å². The highest BCUT2D eigenvalue weighted by Crippen LogP contribution is 2.42. The van der Waals surface area contributed by atoms with Crippen molar-refractivity contribution in [1.29, 1.82) is 0 Å². The van der Waals surface area contributed by atoms with Gasteiger partial charge in [-0.05, 0) is 36.5 Å². The summed E-state index contributed by atoms with van der Waals surface area (Å²) in [6, 6.07) is 0. The first-order valence-corrected chi connectivity index (χ1v) is 6.62. The van der Waals surface area contributed by atoms with Crippen LogP contribution >= 0.6 is 0 Å². The minimum atomic E-state index is -1.13. The first-order chi connectivity index (χ1) is 8.21. The SMILES string of the molecule is CC(C)C1CCC(C)(C)CC1OC(=O)CC(=O)O. The molecule has 0 radical (unpaired) electrons. The van der Waals surface area contributed by atoms with E-state index in [-0.39, 0.29) is 11.5 Å². The molecule has 1 saturated carbocycles. The molecule has 4 nitrogen and oxygen atoms in total. The first kappa shape index (κ1) is 15.0. The molecule has 2 atom stereocenters. The maximum atomic E-state index is 11.5. The molecule has 0 amide bonds. The van der Waals surface area contributed by atoms with Crippen molar-refractivity contribution in [1.82, 2.24) is 0 Å². The Morgan fingerprint density at radius 3 is 2.50 bits per heavy atom. The Labute approximate surface area is 109 Å². The molecule has 1 aliphatic carbocycles. The number of carboxylic acid groups (broad SMARTS) is 1. The average Bonchev–Trinajstić information content (AvgIpc) is 2.13. The number of hydrogen-bond acceptors (Lipinski definition) is 3. The molecule has 0 aliphatic heterocycles. The van der Waals surface area contributed by atoms with E-state index in [0.717, 1.165) is 19.3 Å². The van der Waals surface area contributed by atoms with E-state index < -0.39 is 18.4 Å². The molecule has 1 rings (SSSR count). The topological polar surface area (TPSA) is 63.6 Å². The maximum Gasteiger partial charge on any atom is 0.317 e. The zero-order valence-electron chi connectivity index (χ0n) is 11.7. The largest absolute Gasteiger partial charge is 0.481 e. The zero-order chi connectivity index (χ0) is 13.9. The van der Waals surface area contributed by atoms with Crippen LogP contribution in [0.25, 0.3) is 0 Å². The van der Waals surface area contributed by atoms with Crippen LogP contribution in [0, 0.1) is 17.3 Å². The van der Waals surface area contributed by atoms with Crippen molar-refractivity contribution in [3.8, 4) is 0 Å². The van der Waals surface area contributed by atoms with Crippen molar-refractivity contribution in [2.75, 3.05) is 0 Å². The fraction of sp³-hybridized carbons (Fsp3) is 0.857. The summed E-state index contributed by atoms with van der Waals surface area (Å²) in [5.74, 6) is -0.952. The van der Waals surface area contributed by atoms with Gasteiger partial charge in [-0.3, -0.25) is 9.59 Å². The van der Waals surface area contributed by atoms with E-state index in [2.05, 4.69) is 27.7 Å². The van der Waals surface area contributed by atoms with Gasteiger partial charge in [0.1, 0.15) is 12.5 Å². The molecule has 0 spiro atoms. The van der Waals surface area contributed by atoms with Gasteiger partial charge in [-0.2, -0.15) is 0 Å².